The second kappa shape index (κ2) is 5.33. The van der Waals surface area contributed by atoms with Crippen LogP contribution < -0.4 is 4.90 Å². The first-order valence-electron chi connectivity index (χ1n) is 5.03. The van der Waals surface area contributed by atoms with Crippen molar-refractivity contribution in [2.24, 2.45) is 0 Å². The Bertz CT molecular complexity index is 503. The Hall–Kier alpha value is -0.650. The quantitative estimate of drug-likeness (QED) is 0.791. The number of anilines is 1. The lowest BCUT2D eigenvalue weighted by atomic mass is 10.2. The Balaban J connectivity index is 2.31. The van der Waals surface area contributed by atoms with Crippen molar-refractivity contribution in [2.45, 2.75) is 13.0 Å². The van der Waals surface area contributed by atoms with Crippen LogP contribution in [0.5, 0.6) is 0 Å². The number of thiophene rings is 1. The number of aromatic nitrogens is 2. The van der Waals surface area contributed by atoms with Gasteiger partial charge in [0.25, 0.3) is 0 Å². The summed E-state index contributed by atoms with van der Waals surface area (Å²) in [4.78, 5) is 11.5. The molecule has 0 saturated heterocycles. The van der Waals surface area contributed by atoms with Crippen LogP contribution in [0.25, 0.3) is 0 Å². The van der Waals surface area contributed by atoms with E-state index >= 15 is 0 Å². The van der Waals surface area contributed by atoms with E-state index in [1.165, 1.54) is 11.2 Å². The molecule has 0 aliphatic heterocycles. The molecule has 0 aromatic carbocycles. The molecule has 0 saturated carbocycles. The van der Waals surface area contributed by atoms with Crippen LogP contribution in [0.1, 0.15) is 17.8 Å². The number of rotatable bonds is 3. The van der Waals surface area contributed by atoms with Crippen molar-refractivity contribution in [2.75, 3.05) is 11.9 Å². The predicted molar refractivity (Wildman–Crippen MR) is 75.9 cm³/mol. The van der Waals surface area contributed by atoms with Gasteiger partial charge in [0, 0.05) is 11.9 Å². The molecule has 0 aliphatic rings. The standard InChI is InChI=1S/C11H11BrClN3S/c1-7(8-4-3-5-17-8)16(2)11-9(12)10(13)14-6-15-11/h3-7H,1-2H3. The molecule has 90 valence electrons. The molecule has 2 aromatic heterocycles. The van der Waals surface area contributed by atoms with Crippen LogP contribution in [0.4, 0.5) is 5.82 Å². The van der Waals surface area contributed by atoms with E-state index in [0.29, 0.717) is 5.15 Å². The van der Waals surface area contributed by atoms with Gasteiger partial charge in [0.1, 0.15) is 17.3 Å². The van der Waals surface area contributed by atoms with Gasteiger partial charge in [-0.2, -0.15) is 0 Å². The average Bonchev–Trinajstić information content (AvgIpc) is 2.84. The van der Waals surface area contributed by atoms with Crippen LogP contribution in [0, 0.1) is 0 Å². The van der Waals surface area contributed by atoms with Gasteiger partial charge in [0.2, 0.25) is 0 Å². The molecule has 0 aliphatic carbocycles. The van der Waals surface area contributed by atoms with E-state index in [2.05, 4.69) is 49.2 Å². The van der Waals surface area contributed by atoms with Crippen LogP contribution >= 0.6 is 38.9 Å². The molecule has 0 N–H and O–H groups in total. The van der Waals surface area contributed by atoms with E-state index in [9.17, 15) is 0 Å². The minimum absolute atomic E-state index is 0.247. The third-order valence-corrected chi connectivity index (χ3v) is 4.89. The molecule has 0 bridgehead atoms. The molecule has 17 heavy (non-hydrogen) atoms. The molecule has 0 amide bonds. The topological polar surface area (TPSA) is 29.0 Å². The highest BCUT2D eigenvalue weighted by atomic mass is 79.9. The SMILES string of the molecule is CC(c1cccs1)N(C)c1ncnc(Cl)c1Br. The number of hydrogen-bond acceptors (Lipinski definition) is 4. The lowest BCUT2D eigenvalue weighted by Crippen LogP contribution is -2.22. The van der Waals surface area contributed by atoms with Crippen molar-refractivity contribution in [1.82, 2.24) is 9.97 Å². The van der Waals surface area contributed by atoms with E-state index in [1.807, 2.05) is 13.1 Å². The van der Waals surface area contributed by atoms with Crippen LogP contribution in [0.15, 0.2) is 28.3 Å². The number of halogens is 2. The van der Waals surface area contributed by atoms with Gasteiger partial charge in [-0.05, 0) is 34.3 Å². The summed E-state index contributed by atoms with van der Waals surface area (Å²) in [6.07, 6.45) is 1.47. The van der Waals surface area contributed by atoms with Gasteiger partial charge in [-0.1, -0.05) is 17.7 Å². The molecule has 2 aromatic rings. The Morgan fingerprint density at radius 1 is 1.47 bits per heavy atom. The first-order chi connectivity index (χ1) is 8.11. The van der Waals surface area contributed by atoms with Crippen molar-refractivity contribution < 1.29 is 0 Å². The smallest absolute Gasteiger partial charge is 0.148 e. The second-order valence-electron chi connectivity index (χ2n) is 3.60. The largest absolute Gasteiger partial charge is 0.351 e. The normalized spacial score (nSPS) is 12.5. The van der Waals surface area contributed by atoms with E-state index in [1.54, 1.807) is 11.3 Å². The summed E-state index contributed by atoms with van der Waals surface area (Å²) in [6.45, 7) is 2.13. The summed E-state index contributed by atoms with van der Waals surface area (Å²) in [5.41, 5.74) is 0. The molecule has 2 rings (SSSR count). The molecule has 1 atom stereocenters. The summed E-state index contributed by atoms with van der Waals surface area (Å²) in [7, 11) is 1.99. The number of hydrogen-bond donors (Lipinski definition) is 0. The monoisotopic (exact) mass is 331 g/mol. The average molecular weight is 333 g/mol. The molecular weight excluding hydrogens is 322 g/mol. The van der Waals surface area contributed by atoms with Crippen LogP contribution in [-0.2, 0) is 0 Å². The van der Waals surface area contributed by atoms with E-state index < -0.39 is 0 Å². The fraction of sp³-hybridized carbons (Fsp3) is 0.273. The van der Waals surface area contributed by atoms with Gasteiger partial charge in [0.05, 0.1) is 10.5 Å². The summed E-state index contributed by atoms with van der Waals surface area (Å²) >= 11 is 11.1. The highest BCUT2D eigenvalue weighted by Gasteiger charge is 2.18. The highest BCUT2D eigenvalue weighted by molar-refractivity contribution is 9.10. The second-order valence-corrected chi connectivity index (χ2v) is 5.73. The first kappa shape index (κ1) is 12.8. The zero-order chi connectivity index (χ0) is 12.4. The zero-order valence-electron chi connectivity index (χ0n) is 9.39. The Labute approximate surface area is 118 Å². The minimum Gasteiger partial charge on any atom is -0.351 e. The predicted octanol–water partition coefficient (Wildman–Crippen LogP) is 4.15. The molecule has 2 heterocycles. The van der Waals surface area contributed by atoms with Gasteiger partial charge >= 0.3 is 0 Å². The molecule has 0 radical (unpaired) electrons. The summed E-state index contributed by atoms with van der Waals surface area (Å²) in [5.74, 6) is 0.797. The third-order valence-electron chi connectivity index (χ3n) is 2.60. The van der Waals surface area contributed by atoms with Crippen LogP contribution in [-0.4, -0.2) is 17.0 Å². The van der Waals surface area contributed by atoms with Crippen molar-refractivity contribution in [3.63, 3.8) is 0 Å². The fourth-order valence-corrected chi connectivity index (χ4v) is 2.93. The zero-order valence-corrected chi connectivity index (χ0v) is 12.6. The fourth-order valence-electron chi connectivity index (χ4n) is 1.49. The van der Waals surface area contributed by atoms with Crippen molar-refractivity contribution in [3.05, 3.63) is 38.3 Å². The third kappa shape index (κ3) is 2.61. The van der Waals surface area contributed by atoms with Gasteiger partial charge in [0.15, 0.2) is 0 Å². The highest BCUT2D eigenvalue weighted by Crippen LogP contribution is 2.33. The molecule has 3 nitrogen and oxygen atoms in total. The van der Waals surface area contributed by atoms with Crippen molar-refractivity contribution >= 4 is 44.7 Å². The molecule has 0 fully saturated rings. The van der Waals surface area contributed by atoms with E-state index in [0.717, 1.165) is 10.3 Å². The Morgan fingerprint density at radius 2 is 2.24 bits per heavy atom. The minimum atomic E-state index is 0.247. The maximum absolute atomic E-state index is 5.97. The summed E-state index contributed by atoms with van der Waals surface area (Å²) in [6, 6.07) is 4.41. The van der Waals surface area contributed by atoms with Crippen LogP contribution in [0.2, 0.25) is 5.15 Å². The van der Waals surface area contributed by atoms with Crippen molar-refractivity contribution in [3.8, 4) is 0 Å². The molecular formula is C11H11BrClN3S. The lowest BCUT2D eigenvalue weighted by molar-refractivity contribution is 0.738. The van der Waals surface area contributed by atoms with Crippen LogP contribution in [0.3, 0.4) is 0 Å². The molecule has 6 heteroatoms. The van der Waals surface area contributed by atoms with Gasteiger partial charge in [-0.25, -0.2) is 9.97 Å². The van der Waals surface area contributed by atoms with Gasteiger partial charge < -0.3 is 4.90 Å². The van der Waals surface area contributed by atoms with E-state index in [-0.39, 0.29) is 6.04 Å². The molecule has 0 spiro atoms. The molecule has 1 unspecified atom stereocenters. The summed E-state index contributed by atoms with van der Waals surface area (Å²) in [5, 5.41) is 2.50. The Morgan fingerprint density at radius 3 is 2.88 bits per heavy atom. The van der Waals surface area contributed by atoms with Crippen molar-refractivity contribution in [1.29, 1.82) is 0 Å². The lowest BCUT2D eigenvalue weighted by Gasteiger charge is -2.25. The maximum atomic E-state index is 5.97. The number of nitrogens with zero attached hydrogens (tertiary/aromatic N) is 3. The first-order valence-corrected chi connectivity index (χ1v) is 7.08. The van der Waals surface area contributed by atoms with Gasteiger partial charge in [-0.3, -0.25) is 0 Å². The van der Waals surface area contributed by atoms with Gasteiger partial charge in [-0.15, -0.1) is 11.3 Å². The maximum Gasteiger partial charge on any atom is 0.148 e. The Kier molecular flexibility index (Phi) is 4.01. The summed E-state index contributed by atoms with van der Waals surface area (Å²) < 4.78 is 0.729. The van der Waals surface area contributed by atoms with E-state index in [4.69, 9.17) is 11.6 Å².